The lowest BCUT2D eigenvalue weighted by Gasteiger charge is -2.39. The number of hydrogen-bond acceptors (Lipinski definition) is 7. The predicted octanol–water partition coefficient (Wildman–Crippen LogP) is 5.33. The van der Waals surface area contributed by atoms with Gasteiger partial charge in [-0.1, -0.05) is 42.5 Å². The average molecular weight is 680 g/mol. The van der Waals surface area contributed by atoms with Gasteiger partial charge in [0.15, 0.2) is 0 Å². The largest absolute Gasteiger partial charge is 0.497 e. The van der Waals surface area contributed by atoms with E-state index in [0.717, 1.165) is 0 Å². The molecular weight excluding hydrogens is 634 g/mol. The van der Waals surface area contributed by atoms with Crippen LogP contribution < -0.4 is 19.3 Å². The number of benzene rings is 3. The molecule has 0 aliphatic carbocycles. The number of carbonyl (C=O) groups excluding carboxylic acids is 3. The smallest absolute Gasteiger partial charge is 0.253 e. The number of rotatable bonds is 14. The van der Waals surface area contributed by atoms with Crippen molar-refractivity contribution >= 4 is 29.1 Å². The zero-order valence-electron chi connectivity index (χ0n) is 28.9. The normalized spacial score (nSPS) is 25.5. The Labute approximate surface area is 293 Å². The molecule has 10 heteroatoms. The Hall–Kier alpha value is -4.93. The zero-order valence-corrected chi connectivity index (χ0v) is 28.9. The van der Waals surface area contributed by atoms with Crippen molar-refractivity contribution in [3.05, 3.63) is 110 Å². The van der Waals surface area contributed by atoms with Crippen LogP contribution in [0.15, 0.2) is 104 Å². The van der Waals surface area contributed by atoms with Crippen molar-refractivity contribution in [1.29, 1.82) is 0 Å². The molecule has 3 aromatic carbocycles. The maximum atomic E-state index is 15.1. The number of fused-ring (bicyclic) bond motifs is 1. The third kappa shape index (κ3) is 5.76. The number of hydrogen-bond donors (Lipinski definition) is 1. The predicted molar refractivity (Wildman–Crippen MR) is 191 cm³/mol. The molecule has 0 saturated carbocycles. The summed E-state index contributed by atoms with van der Waals surface area (Å²) in [5.41, 5.74) is -0.457. The summed E-state index contributed by atoms with van der Waals surface area (Å²) in [5.74, 6) is -1.64. The summed E-state index contributed by atoms with van der Waals surface area (Å²) in [5, 5.41) is 10.9. The van der Waals surface area contributed by atoms with Gasteiger partial charge in [-0.25, -0.2) is 0 Å². The van der Waals surface area contributed by atoms with E-state index in [1.165, 1.54) is 4.90 Å². The van der Waals surface area contributed by atoms with Gasteiger partial charge in [0.25, 0.3) is 5.91 Å². The molecule has 2 bridgehead atoms. The monoisotopic (exact) mass is 679 g/mol. The first-order valence-electron chi connectivity index (χ1n) is 17.1. The molecule has 3 saturated heterocycles. The van der Waals surface area contributed by atoms with E-state index in [9.17, 15) is 9.90 Å². The maximum absolute atomic E-state index is 15.1. The van der Waals surface area contributed by atoms with Crippen molar-refractivity contribution in [2.75, 3.05) is 43.2 Å². The highest BCUT2D eigenvalue weighted by Gasteiger charge is 2.79. The van der Waals surface area contributed by atoms with Gasteiger partial charge in [-0.05, 0) is 80.8 Å². The highest BCUT2D eigenvalue weighted by Crippen LogP contribution is 2.64. The minimum absolute atomic E-state index is 0.157. The topological polar surface area (TPSA) is 109 Å². The van der Waals surface area contributed by atoms with E-state index in [2.05, 4.69) is 13.2 Å². The second kappa shape index (κ2) is 14.1. The summed E-state index contributed by atoms with van der Waals surface area (Å²) >= 11 is 0. The van der Waals surface area contributed by atoms with Crippen LogP contribution in [0.4, 0.5) is 11.4 Å². The molecule has 3 aliphatic rings. The van der Waals surface area contributed by atoms with Gasteiger partial charge in [0.2, 0.25) is 11.8 Å². The van der Waals surface area contributed by atoms with Gasteiger partial charge in [0, 0.05) is 24.5 Å². The fourth-order valence-corrected chi connectivity index (χ4v) is 8.25. The van der Waals surface area contributed by atoms with Crippen LogP contribution in [0.3, 0.4) is 0 Å². The molecule has 1 N–H and O–H groups in total. The number of amides is 3. The third-order valence-electron chi connectivity index (χ3n) is 10.4. The Morgan fingerprint density at radius 2 is 1.52 bits per heavy atom. The number of anilines is 2. The quantitative estimate of drug-likeness (QED) is 0.230. The molecule has 10 nitrogen and oxygen atoms in total. The summed E-state index contributed by atoms with van der Waals surface area (Å²) in [6.07, 6.45) is 4.13. The van der Waals surface area contributed by atoms with Crippen molar-refractivity contribution in [2.24, 2.45) is 11.8 Å². The van der Waals surface area contributed by atoms with Crippen LogP contribution in [0.1, 0.15) is 38.3 Å². The van der Waals surface area contributed by atoms with E-state index in [4.69, 9.17) is 14.2 Å². The fourth-order valence-electron chi connectivity index (χ4n) is 8.25. The van der Waals surface area contributed by atoms with E-state index in [1.54, 1.807) is 65.5 Å². The van der Waals surface area contributed by atoms with E-state index >= 15 is 9.59 Å². The van der Waals surface area contributed by atoms with E-state index < -0.39 is 47.6 Å². The van der Waals surface area contributed by atoms with Crippen molar-refractivity contribution in [3.8, 4) is 11.5 Å². The Morgan fingerprint density at radius 3 is 2.06 bits per heavy atom. The van der Waals surface area contributed by atoms with Crippen LogP contribution in [-0.4, -0.2) is 78.4 Å². The second-order valence-corrected chi connectivity index (χ2v) is 13.2. The summed E-state index contributed by atoms with van der Waals surface area (Å²) in [4.78, 5) is 49.7. The Morgan fingerprint density at radius 1 is 0.940 bits per heavy atom. The van der Waals surface area contributed by atoms with Crippen LogP contribution in [0.5, 0.6) is 11.5 Å². The Bertz CT molecular complexity index is 1730. The van der Waals surface area contributed by atoms with Crippen LogP contribution in [0.2, 0.25) is 0 Å². The van der Waals surface area contributed by atoms with Crippen LogP contribution in [0, 0.1) is 11.8 Å². The van der Waals surface area contributed by atoms with Gasteiger partial charge in [-0.15, -0.1) is 13.2 Å². The molecular formula is C40H45N3O7. The van der Waals surface area contributed by atoms with Crippen LogP contribution >= 0.6 is 0 Å². The van der Waals surface area contributed by atoms with Crippen LogP contribution in [-0.2, 0) is 19.1 Å². The molecule has 6 atom stereocenters. The molecule has 0 radical (unpaired) electrons. The van der Waals surface area contributed by atoms with E-state index in [0.29, 0.717) is 47.9 Å². The highest BCUT2D eigenvalue weighted by molar-refractivity contribution is 6.07. The fraction of sp³-hybridized carbons (Fsp3) is 0.375. The summed E-state index contributed by atoms with van der Waals surface area (Å²) in [6, 6.07) is 21.5. The van der Waals surface area contributed by atoms with Crippen molar-refractivity contribution in [2.45, 2.75) is 50.0 Å². The molecule has 262 valence electrons. The number of ether oxygens (including phenoxy) is 3. The van der Waals surface area contributed by atoms with Gasteiger partial charge in [0.1, 0.15) is 23.1 Å². The van der Waals surface area contributed by atoms with Crippen molar-refractivity contribution in [3.63, 3.8) is 0 Å². The summed E-state index contributed by atoms with van der Waals surface area (Å²) in [6.45, 7) is 12.0. The van der Waals surface area contributed by atoms with Gasteiger partial charge >= 0.3 is 0 Å². The lowest BCUT2D eigenvalue weighted by Crippen LogP contribution is -2.57. The highest BCUT2D eigenvalue weighted by atomic mass is 16.5. The first-order chi connectivity index (χ1) is 24.2. The van der Waals surface area contributed by atoms with E-state index in [1.807, 2.05) is 56.3 Å². The van der Waals surface area contributed by atoms with Gasteiger partial charge < -0.3 is 34.0 Å². The lowest BCUT2D eigenvalue weighted by atomic mass is 9.66. The Balaban J connectivity index is 1.47. The molecule has 50 heavy (non-hydrogen) atoms. The molecule has 3 heterocycles. The summed E-state index contributed by atoms with van der Waals surface area (Å²) < 4.78 is 17.9. The van der Waals surface area contributed by atoms with E-state index in [-0.39, 0.29) is 24.9 Å². The minimum atomic E-state index is -1.32. The molecule has 3 amide bonds. The number of nitrogens with zero attached hydrogens (tertiary/aromatic N) is 3. The van der Waals surface area contributed by atoms with Crippen molar-refractivity contribution < 1.29 is 33.7 Å². The molecule has 6 rings (SSSR count). The van der Waals surface area contributed by atoms with Crippen LogP contribution in [0.25, 0.3) is 0 Å². The Kier molecular flexibility index (Phi) is 9.87. The molecule has 1 spiro atoms. The minimum Gasteiger partial charge on any atom is -0.497 e. The zero-order chi connectivity index (χ0) is 35.6. The SMILES string of the molecule is C=CCN(C(=O)C1N([C@H](CO)c2ccccc2)C(=O)[C@@H]2[C@@H](C(=O)N(CC=C)c3ccc(OCC)cc3)[C@@]3(C)CCC12O3)c1ccc(OC)cc1. The standard InChI is InChI=1S/C40H45N3O7/c1-6-24-41(28-16-20-31(21-17-28)49-8-3)36(45)33-34-37(46)43(32(26-44)27-12-10-9-11-13-27)35(40(34)23-22-39(33,4)50-40)38(47)42(25-7-2)29-14-18-30(48-5)19-15-29/h6-7,9-21,32-35,44H,1-2,8,22-26H2,3-5H3/t32-,33+,34+,35?,39-,40?/m1/s1. The maximum Gasteiger partial charge on any atom is 0.253 e. The number of methoxy groups -OCH3 is 1. The molecule has 0 aromatic heterocycles. The lowest BCUT2D eigenvalue weighted by molar-refractivity contribution is -0.148. The second-order valence-electron chi connectivity index (χ2n) is 13.2. The molecule has 3 fully saturated rings. The average Bonchev–Trinajstić information content (AvgIpc) is 3.71. The van der Waals surface area contributed by atoms with Gasteiger partial charge in [-0.3, -0.25) is 14.4 Å². The third-order valence-corrected chi connectivity index (χ3v) is 10.4. The molecule has 2 unspecified atom stereocenters. The van der Waals surface area contributed by atoms with Gasteiger partial charge in [-0.2, -0.15) is 0 Å². The molecule has 3 aromatic rings. The summed E-state index contributed by atoms with van der Waals surface area (Å²) in [7, 11) is 1.57. The first kappa shape index (κ1) is 34.9. The number of aliphatic hydroxyl groups is 1. The van der Waals surface area contributed by atoms with Crippen molar-refractivity contribution in [1.82, 2.24) is 4.90 Å². The first-order valence-corrected chi connectivity index (χ1v) is 17.1. The number of carbonyl (C=O) groups is 3. The van der Waals surface area contributed by atoms with Gasteiger partial charge in [0.05, 0.1) is 43.8 Å². The number of aliphatic hydroxyl groups excluding tert-OH is 1. The molecule has 3 aliphatic heterocycles. The number of likely N-dealkylation sites (tertiary alicyclic amines) is 1.